The molecule has 4 N–H and O–H groups in total. The molecule has 0 bridgehead atoms. The molecule has 4 atom stereocenters. The maximum Gasteiger partial charge on any atom is 0.229 e. The first kappa shape index (κ1) is 16.8. The Hall–Kier alpha value is -2.06. The van der Waals surface area contributed by atoms with Gasteiger partial charge in [0, 0.05) is 6.07 Å². The Morgan fingerprint density at radius 1 is 1.12 bits per heavy atom. The summed E-state index contributed by atoms with van der Waals surface area (Å²) in [4.78, 5) is 0. The zero-order valence-corrected chi connectivity index (χ0v) is 13.3. The Kier molecular flexibility index (Phi) is 4.51. The van der Waals surface area contributed by atoms with Crippen LogP contribution in [0.5, 0.6) is 17.2 Å². The van der Waals surface area contributed by atoms with Gasteiger partial charge in [0.1, 0.15) is 35.6 Å². The molecule has 1 heterocycles. The van der Waals surface area contributed by atoms with Crippen LogP contribution in [0, 0.1) is 6.92 Å². The number of hydrogen-bond acceptors (Lipinski definition) is 7. The predicted octanol–water partition coefficient (Wildman–Crippen LogP) is 0.680. The normalized spacial score (nSPS) is 26.7. The fourth-order valence-electron chi connectivity index (χ4n) is 2.90. The van der Waals surface area contributed by atoms with Crippen LogP contribution < -0.4 is 9.47 Å². The smallest absolute Gasteiger partial charge is 0.229 e. The molecule has 7 nitrogen and oxygen atoms in total. The summed E-state index contributed by atoms with van der Waals surface area (Å²) in [7, 11) is 1.48. The summed E-state index contributed by atoms with van der Waals surface area (Å²) in [5.41, 5.74) is 0.868. The van der Waals surface area contributed by atoms with Gasteiger partial charge in [-0.2, -0.15) is 0 Å². The van der Waals surface area contributed by atoms with E-state index in [4.69, 9.17) is 19.3 Å². The number of fused-ring (bicyclic) bond motifs is 1. The molecule has 130 valence electrons. The largest absolute Gasteiger partial charge is 0.507 e. The average molecular weight is 336 g/mol. The quantitative estimate of drug-likeness (QED) is 0.650. The number of aromatic hydroxyl groups is 1. The summed E-state index contributed by atoms with van der Waals surface area (Å²) in [5.74, 6) is 0.854. The van der Waals surface area contributed by atoms with Crippen molar-refractivity contribution in [2.75, 3.05) is 13.7 Å². The highest BCUT2D eigenvalue weighted by Crippen LogP contribution is 2.38. The minimum Gasteiger partial charge on any atom is -0.507 e. The van der Waals surface area contributed by atoms with Crippen molar-refractivity contribution in [1.29, 1.82) is 0 Å². The maximum atomic E-state index is 10.1. The second-order valence-corrected chi connectivity index (χ2v) is 5.83. The molecule has 0 aliphatic carbocycles. The lowest BCUT2D eigenvalue weighted by molar-refractivity contribution is -0.116. The van der Waals surface area contributed by atoms with Gasteiger partial charge in [0.2, 0.25) is 6.29 Å². The van der Waals surface area contributed by atoms with Crippen molar-refractivity contribution < 1.29 is 34.6 Å². The van der Waals surface area contributed by atoms with Crippen molar-refractivity contribution in [2.45, 2.75) is 31.5 Å². The Labute approximate surface area is 138 Å². The standard InChI is InChI=1S/C17H20O7/c1-8-3-9-5-10(6-12(22-2)14(9)11(19)4-8)23-17-16(21)15(20)13(7-18)24-17/h3-6,13,15-21H,7H2,1-2H3/t13-,15-,16-,17+/m1/s1. The molecule has 3 rings (SSSR count). The number of aliphatic hydroxyl groups is 3. The van der Waals surface area contributed by atoms with Crippen LogP contribution in [0.25, 0.3) is 10.8 Å². The third kappa shape index (κ3) is 2.87. The molecule has 7 heteroatoms. The van der Waals surface area contributed by atoms with Crippen molar-refractivity contribution >= 4 is 10.8 Å². The molecular weight excluding hydrogens is 316 g/mol. The van der Waals surface area contributed by atoms with Gasteiger partial charge in [0.15, 0.2) is 0 Å². The fourth-order valence-corrected chi connectivity index (χ4v) is 2.90. The second-order valence-electron chi connectivity index (χ2n) is 5.83. The molecule has 0 aromatic heterocycles. The zero-order valence-electron chi connectivity index (χ0n) is 13.3. The third-order valence-electron chi connectivity index (χ3n) is 4.08. The first-order valence-corrected chi connectivity index (χ1v) is 7.55. The van der Waals surface area contributed by atoms with Gasteiger partial charge in [-0.3, -0.25) is 0 Å². The summed E-state index contributed by atoms with van der Waals surface area (Å²) in [6.07, 6.45) is -4.53. The lowest BCUT2D eigenvalue weighted by atomic mass is 10.0. The van der Waals surface area contributed by atoms with Crippen molar-refractivity contribution in [1.82, 2.24) is 0 Å². The van der Waals surface area contributed by atoms with Crippen LogP contribution in [0.1, 0.15) is 5.56 Å². The van der Waals surface area contributed by atoms with E-state index in [1.807, 2.05) is 13.0 Å². The van der Waals surface area contributed by atoms with Crippen molar-refractivity contribution in [2.24, 2.45) is 0 Å². The van der Waals surface area contributed by atoms with E-state index in [1.165, 1.54) is 7.11 Å². The highest BCUT2D eigenvalue weighted by atomic mass is 16.7. The molecule has 0 spiro atoms. The van der Waals surface area contributed by atoms with Crippen LogP contribution in [-0.2, 0) is 4.74 Å². The first-order valence-electron chi connectivity index (χ1n) is 7.55. The molecule has 0 unspecified atom stereocenters. The lowest BCUT2D eigenvalue weighted by Crippen LogP contribution is -2.35. The number of phenols is 1. The average Bonchev–Trinajstić information content (AvgIpc) is 2.81. The summed E-state index contributed by atoms with van der Waals surface area (Å²) in [5, 5.41) is 40.3. The van der Waals surface area contributed by atoms with Crippen LogP contribution >= 0.6 is 0 Å². The number of phenolic OH excluding ortho intramolecular Hbond substituents is 1. The molecule has 1 fully saturated rings. The van der Waals surface area contributed by atoms with E-state index in [2.05, 4.69) is 0 Å². The van der Waals surface area contributed by atoms with E-state index < -0.39 is 31.2 Å². The van der Waals surface area contributed by atoms with Gasteiger partial charge in [-0.25, -0.2) is 0 Å². The number of ether oxygens (including phenoxy) is 3. The van der Waals surface area contributed by atoms with Gasteiger partial charge in [-0.1, -0.05) is 6.07 Å². The van der Waals surface area contributed by atoms with E-state index in [0.29, 0.717) is 22.3 Å². The molecule has 0 saturated carbocycles. The van der Waals surface area contributed by atoms with Crippen LogP contribution in [-0.4, -0.2) is 58.7 Å². The van der Waals surface area contributed by atoms with Crippen molar-refractivity contribution in [3.05, 3.63) is 29.8 Å². The van der Waals surface area contributed by atoms with Gasteiger partial charge in [0.25, 0.3) is 0 Å². The van der Waals surface area contributed by atoms with E-state index in [9.17, 15) is 15.3 Å². The summed E-state index contributed by atoms with van der Waals surface area (Å²) in [6, 6.07) is 6.74. The highest BCUT2D eigenvalue weighted by molar-refractivity contribution is 5.95. The van der Waals surface area contributed by atoms with Gasteiger partial charge in [-0.15, -0.1) is 0 Å². The molecular formula is C17H20O7. The minimum absolute atomic E-state index is 0.0984. The zero-order chi connectivity index (χ0) is 17.4. The van der Waals surface area contributed by atoms with E-state index in [1.54, 1.807) is 18.2 Å². The molecule has 2 aromatic rings. The fraction of sp³-hybridized carbons (Fsp3) is 0.412. The number of methoxy groups -OCH3 is 1. The minimum atomic E-state index is -1.28. The van der Waals surface area contributed by atoms with Crippen molar-refractivity contribution in [3.63, 3.8) is 0 Å². The first-order chi connectivity index (χ1) is 11.4. The summed E-state index contributed by atoms with van der Waals surface area (Å²) in [6.45, 7) is 1.43. The summed E-state index contributed by atoms with van der Waals surface area (Å²) < 4.78 is 16.2. The number of aliphatic hydroxyl groups excluding tert-OH is 3. The number of rotatable bonds is 4. The number of aryl methyl sites for hydroxylation is 1. The Morgan fingerprint density at radius 2 is 1.88 bits per heavy atom. The Bertz CT molecular complexity index is 745. The molecule has 1 saturated heterocycles. The second kappa shape index (κ2) is 6.45. The Balaban J connectivity index is 1.96. The maximum absolute atomic E-state index is 10.1. The van der Waals surface area contributed by atoms with Crippen LogP contribution in [0.15, 0.2) is 24.3 Å². The SMILES string of the molecule is COc1cc(O[C@H]2O[C@H](CO)[C@@H](O)[C@H]2O)cc2cc(C)cc(O)c12. The monoisotopic (exact) mass is 336 g/mol. The van der Waals surface area contributed by atoms with Crippen LogP contribution in [0.2, 0.25) is 0 Å². The molecule has 1 aliphatic heterocycles. The Morgan fingerprint density at radius 3 is 2.50 bits per heavy atom. The predicted molar refractivity (Wildman–Crippen MR) is 85.3 cm³/mol. The molecule has 24 heavy (non-hydrogen) atoms. The number of benzene rings is 2. The van der Waals surface area contributed by atoms with Crippen LogP contribution in [0.3, 0.4) is 0 Å². The molecule has 1 aliphatic rings. The van der Waals surface area contributed by atoms with E-state index >= 15 is 0 Å². The van der Waals surface area contributed by atoms with Gasteiger partial charge < -0.3 is 34.6 Å². The van der Waals surface area contributed by atoms with E-state index in [-0.39, 0.29) is 5.75 Å². The van der Waals surface area contributed by atoms with Gasteiger partial charge >= 0.3 is 0 Å². The number of hydrogen-bond donors (Lipinski definition) is 4. The molecule has 0 amide bonds. The van der Waals surface area contributed by atoms with Crippen molar-refractivity contribution in [3.8, 4) is 17.2 Å². The lowest BCUT2D eigenvalue weighted by Gasteiger charge is -2.18. The third-order valence-corrected chi connectivity index (χ3v) is 4.08. The topological polar surface area (TPSA) is 109 Å². The van der Waals surface area contributed by atoms with Gasteiger partial charge in [0.05, 0.1) is 19.1 Å². The summed E-state index contributed by atoms with van der Waals surface area (Å²) >= 11 is 0. The van der Waals surface area contributed by atoms with E-state index in [0.717, 1.165) is 5.56 Å². The highest BCUT2D eigenvalue weighted by Gasteiger charge is 2.44. The van der Waals surface area contributed by atoms with Gasteiger partial charge in [-0.05, 0) is 30.0 Å². The molecule has 2 aromatic carbocycles. The van der Waals surface area contributed by atoms with Crippen LogP contribution in [0.4, 0.5) is 0 Å². The molecule has 0 radical (unpaired) electrons.